The van der Waals surface area contributed by atoms with Crippen molar-refractivity contribution >= 4 is 0 Å². The van der Waals surface area contributed by atoms with E-state index in [9.17, 15) is 0 Å². The van der Waals surface area contributed by atoms with Crippen molar-refractivity contribution in [3.8, 4) is 0 Å². The minimum atomic E-state index is 0.170. The maximum atomic E-state index is 6.18. The highest BCUT2D eigenvalue weighted by atomic mass is 16.6. The van der Waals surface area contributed by atoms with Crippen LogP contribution in [0, 0.1) is 0 Å². The van der Waals surface area contributed by atoms with Gasteiger partial charge in [0.05, 0.1) is 18.4 Å². The summed E-state index contributed by atoms with van der Waals surface area (Å²) in [6.45, 7) is 6.44. The van der Waals surface area contributed by atoms with E-state index in [4.69, 9.17) is 10.5 Å². The summed E-state index contributed by atoms with van der Waals surface area (Å²) in [5.74, 6) is 0.818. The highest BCUT2D eigenvalue weighted by molar-refractivity contribution is 5.26. The molecule has 3 heterocycles. The normalized spacial score (nSPS) is 32.4. The fraction of sp³-hybridized carbons (Fsp3) is 0.600. The Labute approximate surface area is 156 Å². The van der Waals surface area contributed by atoms with E-state index in [1.54, 1.807) is 0 Å². The zero-order valence-electron chi connectivity index (χ0n) is 15.9. The summed E-state index contributed by atoms with van der Waals surface area (Å²) in [5.41, 5.74) is 7.32. The standard InChI is InChI=1S/C20H31N5O/c1-22-10-12-24(13-11-22)15-18-20(26-18)25(16-6-4-3-5-7-16)17-8-9-19(21)23(2)14-17/h3-6,8-9,16,18,20H,7,10-15,21H2,1-2H3. The van der Waals surface area contributed by atoms with Crippen molar-refractivity contribution in [3.05, 3.63) is 48.0 Å². The van der Waals surface area contributed by atoms with Gasteiger partial charge in [0, 0.05) is 45.5 Å². The van der Waals surface area contributed by atoms with Gasteiger partial charge in [-0.15, -0.1) is 0 Å². The molecule has 1 aliphatic carbocycles. The molecule has 0 spiro atoms. The van der Waals surface area contributed by atoms with Crippen LogP contribution in [0.5, 0.6) is 0 Å². The van der Waals surface area contributed by atoms with E-state index < -0.39 is 0 Å². The third-order valence-electron chi connectivity index (χ3n) is 5.80. The van der Waals surface area contributed by atoms with Crippen LogP contribution >= 0.6 is 0 Å². The zero-order chi connectivity index (χ0) is 18.1. The summed E-state index contributed by atoms with van der Waals surface area (Å²) in [6.07, 6.45) is 14.5. The highest BCUT2D eigenvalue weighted by Gasteiger charge is 2.47. The van der Waals surface area contributed by atoms with Gasteiger partial charge in [0.2, 0.25) is 0 Å². The first kappa shape index (κ1) is 17.6. The number of hydrogen-bond donors (Lipinski definition) is 1. The minimum absolute atomic E-state index is 0.170. The number of hydrogen-bond acceptors (Lipinski definition) is 6. The fourth-order valence-electron chi connectivity index (χ4n) is 4.00. The molecule has 0 bridgehead atoms. The zero-order valence-corrected chi connectivity index (χ0v) is 15.9. The molecule has 4 aliphatic rings. The molecule has 2 saturated heterocycles. The predicted octanol–water partition coefficient (Wildman–Crippen LogP) is 0.775. The number of epoxide rings is 1. The van der Waals surface area contributed by atoms with E-state index in [0.717, 1.165) is 51.5 Å². The van der Waals surface area contributed by atoms with Crippen molar-refractivity contribution in [2.24, 2.45) is 5.73 Å². The van der Waals surface area contributed by atoms with Gasteiger partial charge >= 0.3 is 0 Å². The van der Waals surface area contributed by atoms with Crippen LogP contribution in [0.3, 0.4) is 0 Å². The van der Waals surface area contributed by atoms with Gasteiger partial charge in [0.1, 0.15) is 6.10 Å². The Kier molecular flexibility index (Phi) is 5.07. The number of allylic oxidation sites excluding steroid dienone is 4. The van der Waals surface area contributed by atoms with Gasteiger partial charge in [-0.1, -0.05) is 24.3 Å². The summed E-state index contributed by atoms with van der Waals surface area (Å²) in [6, 6.07) is 0.356. The molecular weight excluding hydrogens is 326 g/mol. The average molecular weight is 358 g/mol. The molecule has 2 fully saturated rings. The van der Waals surface area contributed by atoms with Crippen LogP contribution in [-0.2, 0) is 4.74 Å². The third kappa shape index (κ3) is 3.82. The molecule has 0 radical (unpaired) electrons. The second kappa shape index (κ2) is 7.47. The maximum absolute atomic E-state index is 6.18. The van der Waals surface area contributed by atoms with Gasteiger partial charge < -0.3 is 25.2 Å². The van der Waals surface area contributed by atoms with E-state index in [1.165, 1.54) is 5.70 Å². The van der Waals surface area contributed by atoms with Crippen molar-refractivity contribution in [1.29, 1.82) is 0 Å². The molecule has 0 aromatic rings. The maximum Gasteiger partial charge on any atom is 0.158 e. The lowest BCUT2D eigenvalue weighted by Crippen LogP contribution is -2.47. The summed E-state index contributed by atoms with van der Waals surface area (Å²) in [4.78, 5) is 9.51. The van der Waals surface area contributed by atoms with Gasteiger partial charge in [-0.05, 0) is 25.6 Å². The molecule has 3 unspecified atom stereocenters. The molecule has 0 aromatic carbocycles. The number of piperazine rings is 1. The molecule has 0 amide bonds. The number of ether oxygens (including phenoxy) is 1. The third-order valence-corrected chi connectivity index (χ3v) is 5.80. The van der Waals surface area contributed by atoms with Crippen molar-refractivity contribution in [3.63, 3.8) is 0 Å². The Morgan fingerprint density at radius 1 is 1.15 bits per heavy atom. The molecule has 0 aromatic heterocycles. The van der Waals surface area contributed by atoms with Gasteiger partial charge in [-0.3, -0.25) is 4.90 Å². The van der Waals surface area contributed by atoms with Crippen LogP contribution in [-0.4, -0.2) is 91.3 Å². The van der Waals surface area contributed by atoms with Gasteiger partial charge in [-0.2, -0.15) is 0 Å². The van der Waals surface area contributed by atoms with Crippen molar-refractivity contribution < 1.29 is 4.74 Å². The molecule has 4 rings (SSSR count). The molecule has 6 nitrogen and oxygen atoms in total. The van der Waals surface area contributed by atoms with Crippen LogP contribution in [0.1, 0.15) is 6.42 Å². The Bertz CT molecular complexity index is 632. The molecule has 3 aliphatic heterocycles. The number of rotatable bonds is 5. The molecule has 26 heavy (non-hydrogen) atoms. The first-order chi connectivity index (χ1) is 12.6. The number of nitrogens with two attached hydrogens (primary N) is 1. The smallest absolute Gasteiger partial charge is 0.158 e. The van der Waals surface area contributed by atoms with Gasteiger partial charge in [0.15, 0.2) is 6.23 Å². The molecule has 142 valence electrons. The first-order valence-corrected chi connectivity index (χ1v) is 9.67. The van der Waals surface area contributed by atoms with Crippen molar-refractivity contribution in [1.82, 2.24) is 19.6 Å². The van der Waals surface area contributed by atoms with Crippen molar-refractivity contribution in [2.45, 2.75) is 24.8 Å². The predicted molar refractivity (Wildman–Crippen MR) is 104 cm³/mol. The van der Waals surface area contributed by atoms with Crippen LogP contribution in [0.15, 0.2) is 48.0 Å². The fourth-order valence-corrected chi connectivity index (χ4v) is 4.00. The molecule has 0 saturated carbocycles. The summed E-state index contributed by atoms with van der Waals surface area (Å²) >= 11 is 0. The van der Waals surface area contributed by atoms with E-state index >= 15 is 0 Å². The van der Waals surface area contributed by atoms with Crippen LogP contribution in [0.25, 0.3) is 0 Å². The van der Waals surface area contributed by atoms with E-state index in [-0.39, 0.29) is 6.23 Å². The highest BCUT2D eigenvalue weighted by Crippen LogP contribution is 2.35. The summed E-state index contributed by atoms with van der Waals surface area (Å²) in [7, 11) is 4.24. The van der Waals surface area contributed by atoms with E-state index in [1.807, 2.05) is 13.1 Å². The molecule has 6 heteroatoms. The molecule has 2 N–H and O–H groups in total. The second-order valence-electron chi connectivity index (χ2n) is 7.80. The Hall–Kier alpha value is -1.76. The average Bonchev–Trinajstić information content (AvgIpc) is 3.40. The number of likely N-dealkylation sites (N-methyl/N-ethyl adjacent to an activating group) is 2. The van der Waals surface area contributed by atoms with Crippen molar-refractivity contribution in [2.75, 3.05) is 53.4 Å². The SMILES string of the molecule is CN1CCN(CC2OC2N(C2=CC=C(N)N(C)C2)C2C=CC=CC2)CC1. The molecule has 3 atom stereocenters. The topological polar surface area (TPSA) is 51.5 Å². The van der Waals surface area contributed by atoms with Gasteiger partial charge in [0.25, 0.3) is 0 Å². The van der Waals surface area contributed by atoms with E-state index in [0.29, 0.717) is 12.1 Å². The van der Waals surface area contributed by atoms with Crippen LogP contribution < -0.4 is 5.73 Å². The van der Waals surface area contributed by atoms with Crippen LogP contribution in [0.2, 0.25) is 0 Å². The number of nitrogens with zero attached hydrogens (tertiary/aromatic N) is 4. The quantitative estimate of drug-likeness (QED) is 0.734. The summed E-state index contributed by atoms with van der Waals surface area (Å²) < 4.78 is 6.18. The Morgan fingerprint density at radius 3 is 2.65 bits per heavy atom. The molecular formula is C20H31N5O. The lowest BCUT2D eigenvalue weighted by Gasteiger charge is -2.37. The Balaban J connectivity index is 1.44. The second-order valence-corrected chi connectivity index (χ2v) is 7.80. The monoisotopic (exact) mass is 357 g/mol. The first-order valence-electron chi connectivity index (χ1n) is 9.67. The van der Waals surface area contributed by atoms with Crippen LogP contribution in [0.4, 0.5) is 0 Å². The Morgan fingerprint density at radius 2 is 1.96 bits per heavy atom. The largest absolute Gasteiger partial charge is 0.385 e. The lowest BCUT2D eigenvalue weighted by molar-refractivity contribution is 0.144. The lowest BCUT2D eigenvalue weighted by atomic mass is 10.0. The minimum Gasteiger partial charge on any atom is -0.385 e. The van der Waals surface area contributed by atoms with E-state index in [2.05, 4.69) is 57.0 Å². The van der Waals surface area contributed by atoms with Gasteiger partial charge in [-0.25, -0.2) is 0 Å². The summed E-state index contributed by atoms with van der Waals surface area (Å²) in [5, 5.41) is 0.